The van der Waals surface area contributed by atoms with Crippen LogP contribution in [0.2, 0.25) is 0 Å². The first-order chi connectivity index (χ1) is 9.35. The van der Waals surface area contributed by atoms with Gasteiger partial charge in [0.25, 0.3) is 5.52 Å². The van der Waals surface area contributed by atoms with E-state index in [1.807, 2.05) is 27.7 Å². The molecule has 0 heterocycles. The molecular formula is C15H23O4P. The van der Waals surface area contributed by atoms with Gasteiger partial charge in [-0.1, -0.05) is 58.0 Å². The predicted molar refractivity (Wildman–Crippen MR) is 80.0 cm³/mol. The van der Waals surface area contributed by atoms with Crippen molar-refractivity contribution in [1.29, 1.82) is 0 Å². The lowest BCUT2D eigenvalue weighted by molar-refractivity contribution is 0.0974. The third-order valence-corrected chi connectivity index (χ3v) is 4.16. The van der Waals surface area contributed by atoms with Crippen molar-refractivity contribution in [3.8, 4) is 0 Å². The topological polar surface area (TPSA) is 52.6 Å². The van der Waals surface area contributed by atoms with E-state index >= 15 is 0 Å². The average molecular weight is 298 g/mol. The Bertz CT molecular complexity index is 452. The van der Waals surface area contributed by atoms with E-state index in [9.17, 15) is 9.36 Å². The van der Waals surface area contributed by atoms with Crippen LogP contribution < -0.4 is 0 Å². The van der Waals surface area contributed by atoms with Gasteiger partial charge in [0, 0.05) is 5.56 Å². The number of carbonyl (C=O) groups excluding carboxylic acids is 1. The van der Waals surface area contributed by atoms with Gasteiger partial charge >= 0.3 is 7.60 Å². The van der Waals surface area contributed by atoms with Crippen LogP contribution in [0.5, 0.6) is 0 Å². The number of benzene rings is 1. The zero-order chi connectivity index (χ0) is 15.2. The van der Waals surface area contributed by atoms with Gasteiger partial charge in [0.05, 0.1) is 13.2 Å². The molecule has 0 saturated heterocycles. The van der Waals surface area contributed by atoms with Crippen molar-refractivity contribution in [2.45, 2.75) is 27.7 Å². The Hall–Kier alpha value is -0.960. The first-order valence-electron chi connectivity index (χ1n) is 6.84. The minimum Gasteiger partial charge on any atom is -0.303 e. The fourth-order valence-corrected chi connectivity index (χ4v) is 3.15. The van der Waals surface area contributed by atoms with Gasteiger partial charge < -0.3 is 9.05 Å². The molecule has 0 spiro atoms. The molecule has 0 N–H and O–H groups in total. The van der Waals surface area contributed by atoms with Gasteiger partial charge in [0.1, 0.15) is 0 Å². The molecule has 4 nitrogen and oxygen atoms in total. The lowest BCUT2D eigenvalue weighted by atomic mass is 10.2. The molecule has 0 unspecified atom stereocenters. The van der Waals surface area contributed by atoms with Crippen LogP contribution in [-0.2, 0) is 13.6 Å². The zero-order valence-electron chi connectivity index (χ0n) is 12.5. The zero-order valence-corrected chi connectivity index (χ0v) is 13.4. The van der Waals surface area contributed by atoms with Crippen molar-refractivity contribution in [2.24, 2.45) is 11.8 Å². The molecule has 0 radical (unpaired) electrons. The van der Waals surface area contributed by atoms with Gasteiger partial charge in [-0.3, -0.25) is 9.36 Å². The van der Waals surface area contributed by atoms with Gasteiger partial charge in [-0.2, -0.15) is 0 Å². The molecule has 0 bridgehead atoms. The average Bonchev–Trinajstić information content (AvgIpc) is 2.43. The monoisotopic (exact) mass is 298 g/mol. The second-order valence-corrected chi connectivity index (χ2v) is 7.47. The van der Waals surface area contributed by atoms with E-state index in [4.69, 9.17) is 9.05 Å². The summed E-state index contributed by atoms with van der Waals surface area (Å²) < 4.78 is 23.4. The van der Waals surface area contributed by atoms with E-state index in [2.05, 4.69) is 0 Å². The van der Waals surface area contributed by atoms with E-state index in [0.29, 0.717) is 5.56 Å². The fraction of sp³-hybridized carbons (Fsp3) is 0.533. The molecule has 0 atom stereocenters. The van der Waals surface area contributed by atoms with Crippen molar-refractivity contribution >= 4 is 13.1 Å². The van der Waals surface area contributed by atoms with E-state index < -0.39 is 13.1 Å². The SMILES string of the molecule is CC(C)COP(=O)(OCC(C)C)C(=O)c1ccccc1. The Morgan fingerprint density at radius 3 is 1.85 bits per heavy atom. The predicted octanol–water partition coefficient (Wildman–Crippen LogP) is 4.37. The fourth-order valence-electron chi connectivity index (χ4n) is 1.39. The molecule has 5 heteroatoms. The first kappa shape index (κ1) is 17.1. The summed E-state index contributed by atoms with van der Waals surface area (Å²) >= 11 is 0. The maximum Gasteiger partial charge on any atom is 0.401 e. The molecule has 0 saturated carbocycles. The molecular weight excluding hydrogens is 275 g/mol. The molecule has 0 amide bonds. The summed E-state index contributed by atoms with van der Waals surface area (Å²) in [7, 11) is -3.78. The van der Waals surface area contributed by atoms with Crippen LogP contribution in [0.25, 0.3) is 0 Å². The van der Waals surface area contributed by atoms with E-state index in [1.54, 1.807) is 30.3 Å². The smallest absolute Gasteiger partial charge is 0.303 e. The quantitative estimate of drug-likeness (QED) is 0.669. The van der Waals surface area contributed by atoms with Crippen molar-refractivity contribution in [2.75, 3.05) is 13.2 Å². The van der Waals surface area contributed by atoms with E-state index in [-0.39, 0.29) is 25.0 Å². The molecule has 0 fully saturated rings. The van der Waals surface area contributed by atoms with Crippen LogP contribution in [0.1, 0.15) is 38.1 Å². The molecule has 0 aliphatic rings. The normalized spacial score (nSPS) is 12.1. The van der Waals surface area contributed by atoms with Crippen molar-refractivity contribution in [1.82, 2.24) is 0 Å². The second kappa shape index (κ2) is 7.72. The number of rotatable bonds is 8. The lowest BCUT2D eigenvalue weighted by Gasteiger charge is -2.19. The Balaban J connectivity index is 2.91. The molecule has 0 aliphatic heterocycles. The Kier molecular flexibility index (Phi) is 6.60. The first-order valence-corrected chi connectivity index (χ1v) is 8.38. The molecule has 1 rings (SSSR count). The minimum atomic E-state index is -3.78. The van der Waals surface area contributed by atoms with Gasteiger partial charge in [-0.25, -0.2) is 0 Å². The summed E-state index contributed by atoms with van der Waals surface area (Å²) in [6, 6.07) is 8.48. The number of hydrogen-bond donors (Lipinski definition) is 0. The molecule has 112 valence electrons. The van der Waals surface area contributed by atoms with Crippen LogP contribution in [-0.4, -0.2) is 18.7 Å². The summed E-state index contributed by atoms with van der Waals surface area (Å²) in [6.07, 6.45) is 0. The highest BCUT2D eigenvalue weighted by molar-refractivity contribution is 7.72. The lowest BCUT2D eigenvalue weighted by Crippen LogP contribution is -2.12. The van der Waals surface area contributed by atoms with Gasteiger partial charge in [-0.15, -0.1) is 0 Å². The Morgan fingerprint density at radius 2 is 1.45 bits per heavy atom. The summed E-state index contributed by atoms with van der Waals surface area (Å²) in [5.41, 5.74) is -0.220. The Labute approximate surface area is 121 Å². The highest BCUT2D eigenvalue weighted by Gasteiger charge is 2.36. The van der Waals surface area contributed by atoms with Crippen LogP contribution in [0.4, 0.5) is 0 Å². The minimum absolute atomic E-state index is 0.176. The standard InChI is InChI=1S/C15H23O4P/c1-12(2)10-18-20(17,19-11-13(3)4)15(16)14-8-6-5-7-9-14/h5-9,12-13H,10-11H2,1-4H3. The summed E-state index contributed by atoms with van der Waals surface area (Å²) in [5.74, 6) is 0.351. The van der Waals surface area contributed by atoms with Gasteiger partial charge in [0.15, 0.2) is 0 Å². The van der Waals surface area contributed by atoms with Crippen molar-refractivity contribution < 1.29 is 18.4 Å². The van der Waals surface area contributed by atoms with Crippen molar-refractivity contribution in [3.63, 3.8) is 0 Å². The van der Waals surface area contributed by atoms with Crippen molar-refractivity contribution in [3.05, 3.63) is 35.9 Å². The molecule has 20 heavy (non-hydrogen) atoms. The highest BCUT2D eigenvalue weighted by atomic mass is 31.2. The molecule has 0 aromatic heterocycles. The van der Waals surface area contributed by atoms with E-state index in [1.165, 1.54) is 0 Å². The third kappa shape index (κ3) is 5.20. The van der Waals surface area contributed by atoms with Crippen LogP contribution >= 0.6 is 7.60 Å². The number of carbonyl (C=O) groups is 1. The van der Waals surface area contributed by atoms with Crippen LogP contribution in [0.3, 0.4) is 0 Å². The Morgan fingerprint density at radius 1 is 1.00 bits per heavy atom. The summed E-state index contributed by atoms with van der Waals surface area (Å²) in [5, 5.41) is 0. The molecule has 1 aromatic rings. The summed E-state index contributed by atoms with van der Waals surface area (Å²) in [6.45, 7) is 8.18. The largest absolute Gasteiger partial charge is 0.401 e. The number of hydrogen-bond acceptors (Lipinski definition) is 4. The third-order valence-electron chi connectivity index (χ3n) is 2.43. The molecule has 1 aromatic carbocycles. The van der Waals surface area contributed by atoms with Crippen LogP contribution in [0.15, 0.2) is 30.3 Å². The maximum absolute atomic E-state index is 12.7. The summed E-state index contributed by atoms with van der Waals surface area (Å²) in [4.78, 5) is 12.4. The highest BCUT2D eigenvalue weighted by Crippen LogP contribution is 2.51. The van der Waals surface area contributed by atoms with Gasteiger partial charge in [0.2, 0.25) is 0 Å². The van der Waals surface area contributed by atoms with Crippen LogP contribution in [0, 0.1) is 11.8 Å². The maximum atomic E-state index is 12.7. The van der Waals surface area contributed by atoms with E-state index in [0.717, 1.165) is 0 Å². The van der Waals surface area contributed by atoms with Gasteiger partial charge in [-0.05, 0) is 11.8 Å². The molecule has 0 aliphatic carbocycles. The second-order valence-electron chi connectivity index (χ2n) is 5.55.